The van der Waals surface area contributed by atoms with Gasteiger partial charge in [0, 0.05) is 0 Å². The van der Waals surface area contributed by atoms with E-state index in [-0.39, 0.29) is 12.0 Å². The molecule has 1 rings (SSSR count). The summed E-state index contributed by atoms with van der Waals surface area (Å²) in [5, 5.41) is 0. The van der Waals surface area contributed by atoms with Gasteiger partial charge in [0.05, 0.1) is 5.56 Å². The average Bonchev–Trinajstić information content (AvgIpc) is 2.62. The highest BCUT2D eigenvalue weighted by Gasteiger charge is 2.71. The lowest BCUT2D eigenvalue weighted by molar-refractivity contribution is -0.341. The van der Waals surface area contributed by atoms with Crippen LogP contribution in [0.3, 0.4) is 0 Å². The Balaban J connectivity index is 2.94. The topological polar surface area (TPSA) is 26.3 Å². The number of carbonyl (C=O) groups is 1. The van der Waals surface area contributed by atoms with E-state index in [2.05, 4.69) is 0 Å². The molecule has 0 spiro atoms. The number of esters is 1. The van der Waals surface area contributed by atoms with E-state index in [0.29, 0.717) is 18.9 Å². The minimum absolute atomic E-state index is 0.0166. The van der Waals surface area contributed by atoms with Crippen LogP contribution in [0.15, 0.2) is 42.5 Å². The lowest BCUT2D eigenvalue weighted by Crippen LogP contribution is -2.50. The summed E-state index contributed by atoms with van der Waals surface area (Å²) in [6.07, 6.45) is -5.15. The molecular weight excluding hydrogens is 393 g/mol. The van der Waals surface area contributed by atoms with Gasteiger partial charge in [-0.2, -0.15) is 30.7 Å². The van der Waals surface area contributed by atoms with E-state index in [4.69, 9.17) is 4.74 Å². The maximum Gasteiger partial charge on any atom is 0.460 e. The molecule has 9 heteroatoms. The second kappa shape index (κ2) is 9.93. The van der Waals surface area contributed by atoms with Crippen molar-refractivity contribution in [3.8, 4) is 0 Å². The highest BCUT2D eigenvalue weighted by Crippen LogP contribution is 2.47. The van der Waals surface area contributed by atoms with Gasteiger partial charge in [0.2, 0.25) is 0 Å². The van der Waals surface area contributed by atoms with E-state index in [1.54, 1.807) is 6.07 Å². The van der Waals surface area contributed by atoms with E-state index in [9.17, 15) is 35.5 Å². The molecule has 1 aromatic carbocycles. The molecule has 0 amide bonds. The fourth-order valence-corrected chi connectivity index (χ4v) is 2.27. The summed E-state index contributed by atoms with van der Waals surface area (Å²) < 4.78 is 94.6. The van der Waals surface area contributed by atoms with Gasteiger partial charge >= 0.3 is 24.0 Å². The summed E-state index contributed by atoms with van der Waals surface area (Å²) >= 11 is 0. The van der Waals surface area contributed by atoms with Crippen LogP contribution < -0.4 is 0 Å². The van der Waals surface area contributed by atoms with Gasteiger partial charge < -0.3 is 4.74 Å². The molecule has 0 aliphatic rings. The van der Waals surface area contributed by atoms with E-state index >= 15 is 0 Å². The fourth-order valence-electron chi connectivity index (χ4n) is 2.27. The number of allylic oxidation sites excluding steroid dienone is 1. The van der Waals surface area contributed by atoms with Crippen LogP contribution in [0, 0.1) is 0 Å². The van der Waals surface area contributed by atoms with Gasteiger partial charge in [0.15, 0.2) is 0 Å². The zero-order valence-corrected chi connectivity index (χ0v) is 15.1. The standard InChI is InChI=1S/C19H21F7O2/c1-2-3-4-8-11-15(28-16(27)14-9-6-5-7-10-14)12-13-17(20,21)18(22,23)19(24,25)26/h5-7,9-10,12-13,15H,2-4,8,11H2,1H3/b13-12+. The number of rotatable bonds is 10. The third-order valence-corrected chi connectivity index (χ3v) is 3.90. The largest absolute Gasteiger partial charge is 0.460 e. The Hall–Kier alpha value is -2.06. The highest BCUT2D eigenvalue weighted by atomic mass is 19.4. The summed E-state index contributed by atoms with van der Waals surface area (Å²) in [6.45, 7) is 1.92. The van der Waals surface area contributed by atoms with Crippen LogP contribution >= 0.6 is 0 Å². The normalized spacial score (nSPS) is 14.3. The van der Waals surface area contributed by atoms with E-state index in [1.807, 2.05) is 6.92 Å². The number of alkyl halides is 7. The first-order chi connectivity index (χ1) is 12.9. The molecule has 0 saturated carbocycles. The molecule has 0 fully saturated rings. The summed E-state index contributed by atoms with van der Waals surface area (Å²) in [6, 6.07) is 7.47. The molecular formula is C19H21F7O2. The van der Waals surface area contributed by atoms with Gasteiger partial charge in [0.1, 0.15) is 6.10 Å². The molecule has 0 aliphatic heterocycles. The number of carbonyl (C=O) groups excluding carboxylic acids is 1. The molecule has 1 atom stereocenters. The van der Waals surface area contributed by atoms with E-state index in [0.717, 1.165) is 12.8 Å². The Bertz CT molecular complexity index is 639. The number of benzene rings is 1. The SMILES string of the molecule is CCCCCCC(/C=C/C(F)(F)C(F)(F)C(F)(F)F)OC(=O)c1ccccc1. The molecule has 158 valence electrons. The summed E-state index contributed by atoms with van der Waals surface area (Å²) in [5.74, 6) is -12.6. The first-order valence-electron chi connectivity index (χ1n) is 8.70. The van der Waals surface area contributed by atoms with Crippen molar-refractivity contribution in [2.75, 3.05) is 0 Å². The number of hydrogen-bond donors (Lipinski definition) is 0. The second-order valence-corrected chi connectivity index (χ2v) is 6.21. The predicted molar refractivity (Wildman–Crippen MR) is 89.5 cm³/mol. The smallest absolute Gasteiger partial charge is 0.455 e. The second-order valence-electron chi connectivity index (χ2n) is 6.21. The minimum Gasteiger partial charge on any atom is -0.455 e. The predicted octanol–water partition coefficient (Wildman–Crippen LogP) is 6.57. The Morgan fingerprint density at radius 3 is 2.14 bits per heavy atom. The summed E-state index contributed by atoms with van der Waals surface area (Å²) in [4.78, 5) is 12.1. The van der Waals surface area contributed by atoms with Crippen LogP contribution in [0.1, 0.15) is 49.4 Å². The van der Waals surface area contributed by atoms with Crippen molar-refractivity contribution in [1.82, 2.24) is 0 Å². The molecule has 0 heterocycles. The molecule has 1 aromatic rings. The molecule has 0 N–H and O–H groups in total. The van der Waals surface area contributed by atoms with Crippen LogP contribution in [0.2, 0.25) is 0 Å². The van der Waals surface area contributed by atoms with Gasteiger partial charge in [-0.05, 0) is 37.1 Å². The van der Waals surface area contributed by atoms with Crippen molar-refractivity contribution in [3.05, 3.63) is 48.0 Å². The van der Waals surface area contributed by atoms with Crippen molar-refractivity contribution >= 4 is 5.97 Å². The first-order valence-corrected chi connectivity index (χ1v) is 8.70. The maximum atomic E-state index is 13.5. The molecule has 28 heavy (non-hydrogen) atoms. The first kappa shape index (κ1) is 24.0. The zero-order valence-electron chi connectivity index (χ0n) is 15.1. The molecule has 0 bridgehead atoms. The van der Waals surface area contributed by atoms with Gasteiger partial charge in [-0.25, -0.2) is 4.79 Å². The van der Waals surface area contributed by atoms with Crippen LogP contribution in [0.25, 0.3) is 0 Å². The molecule has 1 unspecified atom stereocenters. The maximum absolute atomic E-state index is 13.5. The third-order valence-electron chi connectivity index (χ3n) is 3.90. The average molecular weight is 414 g/mol. The van der Waals surface area contributed by atoms with Crippen molar-refractivity contribution < 1.29 is 40.3 Å². The fraction of sp³-hybridized carbons (Fsp3) is 0.526. The van der Waals surface area contributed by atoms with Gasteiger partial charge in [-0.1, -0.05) is 44.4 Å². The lowest BCUT2D eigenvalue weighted by Gasteiger charge is -2.26. The molecule has 2 nitrogen and oxygen atoms in total. The van der Waals surface area contributed by atoms with Crippen molar-refractivity contribution in [1.29, 1.82) is 0 Å². The monoisotopic (exact) mass is 414 g/mol. The van der Waals surface area contributed by atoms with Crippen LogP contribution in [-0.2, 0) is 4.74 Å². The number of unbranched alkanes of at least 4 members (excludes halogenated alkanes) is 3. The van der Waals surface area contributed by atoms with Crippen LogP contribution in [-0.4, -0.2) is 30.1 Å². The Morgan fingerprint density at radius 1 is 1.00 bits per heavy atom. The quantitative estimate of drug-likeness (QED) is 0.187. The van der Waals surface area contributed by atoms with E-state index in [1.165, 1.54) is 24.3 Å². The minimum atomic E-state index is -6.42. The molecule has 0 saturated heterocycles. The van der Waals surface area contributed by atoms with Crippen molar-refractivity contribution in [2.45, 2.75) is 63.2 Å². The number of hydrogen-bond acceptors (Lipinski definition) is 2. The van der Waals surface area contributed by atoms with Crippen molar-refractivity contribution in [2.24, 2.45) is 0 Å². The van der Waals surface area contributed by atoms with Crippen LogP contribution in [0.4, 0.5) is 30.7 Å². The third kappa shape index (κ3) is 6.53. The van der Waals surface area contributed by atoms with Gasteiger partial charge in [0.25, 0.3) is 0 Å². The number of ether oxygens (including phenoxy) is 1. The van der Waals surface area contributed by atoms with Gasteiger partial charge in [-0.3, -0.25) is 0 Å². The zero-order chi connectivity index (χ0) is 21.4. The lowest BCUT2D eigenvalue weighted by atomic mass is 10.1. The van der Waals surface area contributed by atoms with E-state index < -0.39 is 36.2 Å². The molecule has 0 aromatic heterocycles. The Kier molecular flexibility index (Phi) is 8.50. The van der Waals surface area contributed by atoms with Crippen LogP contribution in [0.5, 0.6) is 0 Å². The number of halogens is 7. The Labute approximate surface area is 158 Å². The molecule has 0 radical (unpaired) electrons. The van der Waals surface area contributed by atoms with Gasteiger partial charge in [-0.15, -0.1) is 0 Å². The molecule has 0 aliphatic carbocycles. The Morgan fingerprint density at radius 2 is 1.61 bits per heavy atom. The summed E-state index contributed by atoms with van der Waals surface area (Å²) in [5.41, 5.74) is 0.0989. The highest BCUT2D eigenvalue weighted by molar-refractivity contribution is 5.89. The summed E-state index contributed by atoms with van der Waals surface area (Å²) in [7, 11) is 0. The van der Waals surface area contributed by atoms with Crippen molar-refractivity contribution in [3.63, 3.8) is 0 Å².